The van der Waals surface area contributed by atoms with Gasteiger partial charge in [-0.3, -0.25) is 9.59 Å². The highest BCUT2D eigenvalue weighted by Crippen LogP contribution is 2.05. The van der Waals surface area contributed by atoms with Crippen molar-refractivity contribution in [2.75, 3.05) is 7.11 Å². The third-order valence-electron chi connectivity index (χ3n) is 2.01. The van der Waals surface area contributed by atoms with Crippen LogP contribution in [0.3, 0.4) is 0 Å². The van der Waals surface area contributed by atoms with Crippen LogP contribution in [0.15, 0.2) is 30.3 Å². The molecular formula is C11H13NO3. The van der Waals surface area contributed by atoms with Gasteiger partial charge in [0.2, 0.25) is 0 Å². The third-order valence-corrected chi connectivity index (χ3v) is 2.01. The monoisotopic (exact) mass is 207 g/mol. The van der Waals surface area contributed by atoms with Gasteiger partial charge in [-0.15, -0.1) is 0 Å². The Labute approximate surface area is 88.0 Å². The Hall–Kier alpha value is -1.68. The van der Waals surface area contributed by atoms with Crippen LogP contribution in [-0.2, 0) is 9.53 Å². The highest BCUT2D eigenvalue weighted by molar-refractivity contribution is 5.98. The van der Waals surface area contributed by atoms with E-state index in [-0.39, 0.29) is 12.2 Å². The van der Waals surface area contributed by atoms with E-state index in [9.17, 15) is 9.59 Å². The molecule has 0 fully saturated rings. The van der Waals surface area contributed by atoms with E-state index in [4.69, 9.17) is 5.73 Å². The molecule has 0 heterocycles. The molecule has 2 N–H and O–H groups in total. The predicted molar refractivity (Wildman–Crippen MR) is 55.4 cm³/mol. The second-order valence-electron chi connectivity index (χ2n) is 3.12. The maximum Gasteiger partial charge on any atom is 0.323 e. The lowest BCUT2D eigenvalue weighted by Crippen LogP contribution is -2.33. The van der Waals surface area contributed by atoms with Gasteiger partial charge in [-0.1, -0.05) is 30.3 Å². The van der Waals surface area contributed by atoms with Crippen molar-refractivity contribution in [1.29, 1.82) is 0 Å². The van der Waals surface area contributed by atoms with Crippen LogP contribution in [0.25, 0.3) is 0 Å². The number of hydrogen-bond acceptors (Lipinski definition) is 4. The molecule has 15 heavy (non-hydrogen) atoms. The fourth-order valence-electron chi connectivity index (χ4n) is 1.18. The van der Waals surface area contributed by atoms with Crippen LogP contribution in [-0.4, -0.2) is 24.9 Å². The van der Waals surface area contributed by atoms with E-state index in [2.05, 4.69) is 4.74 Å². The first-order valence-electron chi connectivity index (χ1n) is 4.57. The van der Waals surface area contributed by atoms with E-state index in [0.717, 1.165) is 0 Å². The van der Waals surface area contributed by atoms with Crippen molar-refractivity contribution >= 4 is 11.8 Å². The van der Waals surface area contributed by atoms with Crippen LogP contribution in [0.2, 0.25) is 0 Å². The summed E-state index contributed by atoms with van der Waals surface area (Å²) < 4.78 is 4.43. The van der Waals surface area contributed by atoms with Gasteiger partial charge in [-0.2, -0.15) is 0 Å². The minimum Gasteiger partial charge on any atom is -0.468 e. The van der Waals surface area contributed by atoms with E-state index >= 15 is 0 Å². The van der Waals surface area contributed by atoms with Gasteiger partial charge < -0.3 is 10.5 Å². The summed E-state index contributed by atoms with van der Waals surface area (Å²) in [6.07, 6.45) is -0.0311. The molecule has 1 rings (SSSR count). The fourth-order valence-corrected chi connectivity index (χ4v) is 1.18. The van der Waals surface area contributed by atoms with Crippen LogP contribution < -0.4 is 5.73 Å². The standard InChI is InChI=1S/C11H13NO3/c1-15-11(14)9(12)7-10(13)8-5-3-2-4-6-8/h2-6,9H,7,12H2,1H3/t9-/m0/s1. The zero-order valence-electron chi connectivity index (χ0n) is 8.47. The Kier molecular flexibility index (Phi) is 4.00. The SMILES string of the molecule is COC(=O)[C@@H](N)CC(=O)c1ccccc1. The molecule has 0 aliphatic heterocycles. The number of esters is 1. The van der Waals surface area contributed by atoms with Crippen molar-refractivity contribution < 1.29 is 14.3 Å². The molecule has 4 nitrogen and oxygen atoms in total. The van der Waals surface area contributed by atoms with Gasteiger partial charge in [0, 0.05) is 12.0 Å². The van der Waals surface area contributed by atoms with Crippen molar-refractivity contribution in [3.63, 3.8) is 0 Å². The normalized spacial score (nSPS) is 11.9. The number of Topliss-reactive ketones (excluding diaryl/α,β-unsaturated/α-hetero) is 1. The molecule has 0 bridgehead atoms. The summed E-state index contributed by atoms with van der Waals surface area (Å²) >= 11 is 0. The van der Waals surface area contributed by atoms with Crippen molar-refractivity contribution in [2.24, 2.45) is 5.73 Å². The van der Waals surface area contributed by atoms with Gasteiger partial charge in [0.25, 0.3) is 0 Å². The topological polar surface area (TPSA) is 69.4 Å². The molecule has 1 aromatic rings. The van der Waals surface area contributed by atoms with Crippen molar-refractivity contribution in [1.82, 2.24) is 0 Å². The minimum absolute atomic E-state index is 0.0311. The van der Waals surface area contributed by atoms with Crippen LogP contribution in [0.5, 0.6) is 0 Å². The molecular weight excluding hydrogens is 194 g/mol. The lowest BCUT2D eigenvalue weighted by Gasteiger charge is -2.07. The summed E-state index contributed by atoms with van der Waals surface area (Å²) in [5.41, 5.74) is 6.02. The van der Waals surface area contributed by atoms with Crippen LogP contribution >= 0.6 is 0 Å². The van der Waals surface area contributed by atoms with E-state index in [1.165, 1.54) is 7.11 Å². The summed E-state index contributed by atoms with van der Waals surface area (Å²) in [5, 5.41) is 0. The largest absolute Gasteiger partial charge is 0.468 e. The number of nitrogens with two attached hydrogens (primary N) is 1. The van der Waals surface area contributed by atoms with Crippen molar-refractivity contribution in [2.45, 2.75) is 12.5 Å². The Morgan fingerprint density at radius 3 is 2.47 bits per heavy atom. The van der Waals surface area contributed by atoms with Crippen LogP contribution in [0, 0.1) is 0 Å². The second-order valence-corrected chi connectivity index (χ2v) is 3.12. The maximum absolute atomic E-state index is 11.6. The first-order valence-corrected chi connectivity index (χ1v) is 4.57. The van der Waals surface area contributed by atoms with Gasteiger partial charge >= 0.3 is 5.97 Å². The van der Waals surface area contributed by atoms with Gasteiger partial charge in [0.1, 0.15) is 6.04 Å². The van der Waals surface area contributed by atoms with Gasteiger partial charge in [0.15, 0.2) is 5.78 Å². The molecule has 1 aromatic carbocycles. The molecule has 0 spiro atoms. The highest BCUT2D eigenvalue weighted by atomic mass is 16.5. The average molecular weight is 207 g/mol. The maximum atomic E-state index is 11.6. The molecule has 0 unspecified atom stereocenters. The Morgan fingerprint density at radius 1 is 1.33 bits per heavy atom. The smallest absolute Gasteiger partial charge is 0.323 e. The summed E-state index contributed by atoms with van der Waals surface area (Å²) in [7, 11) is 1.25. The molecule has 0 aliphatic carbocycles. The lowest BCUT2D eigenvalue weighted by atomic mass is 10.0. The summed E-state index contributed by atoms with van der Waals surface area (Å²) in [6, 6.07) is 7.83. The Morgan fingerprint density at radius 2 is 1.93 bits per heavy atom. The van der Waals surface area contributed by atoms with E-state index < -0.39 is 12.0 Å². The number of carbonyl (C=O) groups is 2. The second kappa shape index (κ2) is 5.26. The molecule has 0 radical (unpaired) electrons. The van der Waals surface area contributed by atoms with Gasteiger partial charge in [-0.05, 0) is 0 Å². The Balaban J connectivity index is 2.61. The Bertz CT molecular complexity index is 348. The molecule has 0 saturated heterocycles. The molecule has 0 aromatic heterocycles. The van der Waals surface area contributed by atoms with Crippen molar-refractivity contribution in [3.8, 4) is 0 Å². The van der Waals surface area contributed by atoms with Gasteiger partial charge in [0.05, 0.1) is 7.11 Å². The van der Waals surface area contributed by atoms with E-state index in [1.54, 1.807) is 24.3 Å². The number of methoxy groups -OCH3 is 1. The quantitative estimate of drug-likeness (QED) is 0.584. The molecule has 80 valence electrons. The molecule has 4 heteroatoms. The third kappa shape index (κ3) is 3.18. The van der Waals surface area contributed by atoms with Crippen molar-refractivity contribution in [3.05, 3.63) is 35.9 Å². The number of benzene rings is 1. The van der Waals surface area contributed by atoms with E-state index in [1.807, 2.05) is 6.07 Å². The zero-order chi connectivity index (χ0) is 11.3. The lowest BCUT2D eigenvalue weighted by molar-refractivity contribution is -0.142. The van der Waals surface area contributed by atoms with E-state index in [0.29, 0.717) is 5.56 Å². The summed E-state index contributed by atoms with van der Waals surface area (Å²) in [6.45, 7) is 0. The number of rotatable bonds is 4. The minimum atomic E-state index is -0.886. The van der Waals surface area contributed by atoms with Crippen LogP contribution in [0.4, 0.5) is 0 Å². The summed E-state index contributed by atoms with van der Waals surface area (Å²) in [5.74, 6) is -0.729. The molecule has 0 aliphatic rings. The highest BCUT2D eigenvalue weighted by Gasteiger charge is 2.18. The van der Waals surface area contributed by atoms with Crippen LogP contribution in [0.1, 0.15) is 16.8 Å². The first kappa shape index (κ1) is 11.4. The fraction of sp³-hybridized carbons (Fsp3) is 0.273. The molecule has 1 atom stereocenters. The average Bonchev–Trinajstić information content (AvgIpc) is 2.29. The molecule has 0 saturated carbocycles. The number of ketones is 1. The zero-order valence-corrected chi connectivity index (χ0v) is 8.47. The summed E-state index contributed by atoms with van der Waals surface area (Å²) in [4.78, 5) is 22.6. The first-order chi connectivity index (χ1) is 7.15. The number of carbonyl (C=O) groups excluding carboxylic acids is 2. The predicted octanol–water partition coefficient (Wildman–Crippen LogP) is 0.760. The number of hydrogen-bond donors (Lipinski definition) is 1. The number of ether oxygens (including phenoxy) is 1. The molecule has 0 amide bonds. The van der Waals surface area contributed by atoms with Gasteiger partial charge in [-0.25, -0.2) is 0 Å².